The summed E-state index contributed by atoms with van der Waals surface area (Å²) < 4.78 is 34.3. The minimum atomic E-state index is -3.85. The van der Waals surface area contributed by atoms with Gasteiger partial charge in [-0.3, -0.25) is 4.79 Å². The Balaban J connectivity index is 1.48. The van der Waals surface area contributed by atoms with Crippen molar-refractivity contribution in [1.82, 2.24) is 5.32 Å². The van der Waals surface area contributed by atoms with E-state index >= 15 is 0 Å². The molecule has 3 aromatic carbocycles. The number of carbonyl (C=O) groups excluding carboxylic acids is 2. The Bertz CT molecular complexity index is 1690. The van der Waals surface area contributed by atoms with Gasteiger partial charge in [0, 0.05) is 35.2 Å². The first kappa shape index (κ1) is 28.1. The van der Waals surface area contributed by atoms with Crippen LogP contribution >= 0.6 is 0 Å². The van der Waals surface area contributed by atoms with Crippen molar-refractivity contribution in [2.45, 2.75) is 43.1 Å². The summed E-state index contributed by atoms with van der Waals surface area (Å²) in [4.78, 5) is 27.3. The van der Waals surface area contributed by atoms with Crippen LogP contribution in [0.15, 0.2) is 100 Å². The zero-order chi connectivity index (χ0) is 29.3. The Labute approximate surface area is 238 Å². The normalized spacial score (nSPS) is 19.0. The third-order valence-electron chi connectivity index (χ3n) is 7.45. The molecular formula is C31H30N2O7S. The molecule has 0 aromatic heterocycles. The van der Waals surface area contributed by atoms with E-state index in [9.17, 15) is 23.1 Å². The van der Waals surface area contributed by atoms with Crippen LogP contribution in [-0.2, 0) is 31.0 Å². The minimum absolute atomic E-state index is 0.0126. The molecule has 2 aliphatic rings. The predicted molar refractivity (Wildman–Crippen MR) is 151 cm³/mol. The standard InChI is InChI=1S/C31H30N2O7S/c1-18-28(31(36)40-17-19-10-12-23(13-11-19)41(32,37)38)29(20-6-5-7-22(34)14-20)30-25(33-18)15-21(16-26(30)35)24-8-3-4-9-27(24)39-2/h3-14,21,29,33-34H,15-17H2,1-2H3,(H2,32,37,38). The average molecular weight is 575 g/mol. The number of sulfonamides is 1. The van der Waals surface area contributed by atoms with Crippen LogP contribution in [0.4, 0.5) is 0 Å². The molecule has 10 heteroatoms. The van der Waals surface area contributed by atoms with Gasteiger partial charge in [-0.2, -0.15) is 0 Å². The first-order chi connectivity index (χ1) is 19.6. The Morgan fingerprint density at radius 1 is 1.05 bits per heavy atom. The molecule has 1 heterocycles. The van der Waals surface area contributed by atoms with Crippen molar-refractivity contribution < 1.29 is 32.6 Å². The number of rotatable bonds is 7. The summed E-state index contributed by atoms with van der Waals surface area (Å²) in [5.41, 5.74) is 4.09. The van der Waals surface area contributed by atoms with Gasteiger partial charge >= 0.3 is 5.97 Å². The molecule has 0 saturated carbocycles. The van der Waals surface area contributed by atoms with Crippen LogP contribution in [-0.4, -0.2) is 32.4 Å². The first-order valence-electron chi connectivity index (χ1n) is 13.0. The van der Waals surface area contributed by atoms with Crippen LogP contribution in [0.3, 0.4) is 0 Å². The van der Waals surface area contributed by atoms with Gasteiger partial charge in [0.2, 0.25) is 10.0 Å². The number of para-hydroxylation sites is 1. The lowest BCUT2D eigenvalue weighted by molar-refractivity contribution is -0.140. The number of primary sulfonamides is 1. The number of nitrogens with one attached hydrogen (secondary N) is 1. The van der Waals surface area contributed by atoms with Crippen molar-refractivity contribution in [3.05, 3.63) is 112 Å². The smallest absolute Gasteiger partial charge is 0.337 e. The number of hydrogen-bond donors (Lipinski definition) is 3. The Morgan fingerprint density at radius 2 is 1.78 bits per heavy atom. The van der Waals surface area contributed by atoms with Crippen LogP contribution in [0.2, 0.25) is 0 Å². The fourth-order valence-corrected chi connectivity index (χ4v) is 6.09. The van der Waals surface area contributed by atoms with Gasteiger partial charge in [-0.15, -0.1) is 0 Å². The van der Waals surface area contributed by atoms with Crippen molar-refractivity contribution in [2.75, 3.05) is 7.11 Å². The number of Topliss-reactive ketones (excluding diaryl/α,β-unsaturated/α-hetero) is 1. The molecule has 1 aliphatic heterocycles. The van der Waals surface area contributed by atoms with Crippen LogP contribution in [0.1, 0.15) is 48.3 Å². The number of allylic oxidation sites excluding steroid dienone is 3. The third kappa shape index (κ3) is 5.75. The van der Waals surface area contributed by atoms with E-state index < -0.39 is 21.9 Å². The maximum absolute atomic E-state index is 13.8. The molecule has 1 aliphatic carbocycles. The maximum Gasteiger partial charge on any atom is 0.337 e. The molecular weight excluding hydrogens is 544 g/mol. The quantitative estimate of drug-likeness (QED) is 0.357. The summed E-state index contributed by atoms with van der Waals surface area (Å²) >= 11 is 0. The van der Waals surface area contributed by atoms with Crippen molar-refractivity contribution in [1.29, 1.82) is 0 Å². The molecule has 212 valence electrons. The SMILES string of the molecule is COc1ccccc1C1CC(=O)C2=C(C1)NC(C)=C(C(=O)OCc1ccc(S(N)(=O)=O)cc1)C2c1cccc(O)c1. The summed E-state index contributed by atoms with van der Waals surface area (Å²) in [7, 11) is -2.25. The monoisotopic (exact) mass is 574 g/mol. The molecule has 4 N–H and O–H groups in total. The number of phenols is 1. The van der Waals surface area contributed by atoms with Gasteiger partial charge in [-0.1, -0.05) is 42.5 Å². The van der Waals surface area contributed by atoms with Gasteiger partial charge in [0.05, 0.1) is 17.6 Å². The molecule has 5 rings (SSSR count). The highest BCUT2D eigenvalue weighted by Gasteiger charge is 2.42. The second-order valence-corrected chi connectivity index (χ2v) is 11.7. The van der Waals surface area contributed by atoms with Crippen molar-refractivity contribution >= 4 is 21.8 Å². The summed E-state index contributed by atoms with van der Waals surface area (Å²) in [6.45, 7) is 1.64. The number of ketones is 1. The number of ether oxygens (including phenoxy) is 2. The van der Waals surface area contributed by atoms with E-state index in [4.69, 9.17) is 14.6 Å². The van der Waals surface area contributed by atoms with Gasteiger partial charge in [0.25, 0.3) is 0 Å². The minimum Gasteiger partial charge on any atom is -0.508 e. The summed E-state index contributed by atoms with van der Waals surface area (Å²) in [5, 5.41) is 18.7. The predicted octanol–water partition coefficient (Wildman–Crippen LogP) is 4.15. The third-order valence-corrected chi connectivity index (χ3v) is 8.38. The zero-order valence-corrected chi connectivity index (χ0v) is 23.4. The van der Waals surface area contributed by atoms with E-state index in [2.05, 4.69) is 5.32 Å². The molecule has 2 atom stereocenters. The maximum atomic E-state index is 13.8. The molecule has 3 aromatic rings. The van der Waals surface area contributed by atoms with Crippen molar-refractivity contribution in [3.63, 3.8) is 0 Å². The summed E-state index contributed by atoms with van der Waals surface area (Å²) in [6.07, 6.45) is 0.765. The first-order valence-corrected chi connectivity index (χ1v) is 14.6. The van der Waals surface area contributed by atoms with E-state index in [-0.39, 0.29) is 40.9 Å². The number of carbonyl (C=O) groups is 2. The average Bonchev–Trinajstić information content (AvgIpc) is 2.94. The Morgan fingerprint density at radius 3 is 2.46 bits per heavy atom. The van der Waals surface area contributed by atoms with Crippen LogP contribution < -0.4 is 15.2 Å². The van der Waals surface area contributed by atoms with E-state index in [1.54, 1.807) is 32.2 Å². The van der Waals surface area contributed by atoms with Crippen LogP contribution in [0, 0.1) is 0 Å². The van der Waals surface area contributed by atoms with E-state index in [0.717, 1.165) is 11.3 Å². The van der Waals surface area contributed by atoms with Crippen molar-refractivity contribution in [3.8, 4) is 11.5 Å². The molecule has 0 amide bonds. The van der Waals surface area contributed by atoms with Gasteiger partial charge < -0.3 is 19.9 Å². The lowest BCUT2D eigenvalue weighted by atomic mass is 9.71. The molecule has 2 unspecified atom stereocenters. The number of methoxy groups -OCH3 is 1. The fourth-order valence-electron chi connectivity index (χ4n) is 5.57. The second-order valence-electron chi connectivity index (χ2n) is 10.1. The summed E-state index contributed by atoms with van der Waals surface area (Å²) in [5.74, 6) is -0.885. The van der Waals surface area contributed by atoms with E-state index in [1.807, 2.05) is 24.3 Å². The number of dihydropyridines is 1. The number of aromatic hydroxyl groups is 1. The topological polar surface area (TPSA) is 145 Å². The largest absolute Gasteiger partial charge is 0.508 e. The molecule has 41 heavy (non-hydrogen) atoms. The molecule has 0 radical (unpaired) electrons. The Hall–Kier alpha value is -4.41. The van der Waals surface area contributed by atoms with Gasteiger partial charge in [0.15, 0.2) is 5.78 Å². The van der Waals surface area contributed by atoms with E-state index in [0.29, 0.717) is 34.6 Å². The molecule has 0 spiro atoms. The highest BCUT2D eigenvalue weighted by molar-refractivity contribution is 7.89. The number of benzene rings is 3. The van der Waals surface area contributed by atoms with Crippen molar-refractivity contribution in [2.24, 2.45) is 5.14 Å². The zero-order valence-electron chi connectivity index (χ0n) is 22.6. The number of esters is 1. The number of nitrogens with two attached hydrogens (primary N) is 1. The van der Waals surface area contributed by atoms with Gasteiger partial charge in [0.1, 0.15) is 18.1 Å². The van der Waals surface area contributed by atoms with E-state index in [1.165, 1.54) is 30.3 Å². The molecule has 0 bridgehead atoms. The highest BCUT2D eigenvalue weighted by Crippen LogP contribution is 2.47. The van der Waals surface area contributed by atoms with Gasteiger partial charge in [-0.05, 0) is 60.4 Å². The summed E-state index contributed by atoms with van der Waals surface area (Å²) in [6, 6.07) is 19.9. The lowest BCUT2D eigenvalue weighted by Crippen LogP contribution is -2.36. The van der Waals surface area contributed by atoms with Gasteiger partial charge in [-0.25, -0.2) is 18.4 Å². The van der Waals surface area contributed by atoms with Crippen LogP contribution in [0.5, 0.6) is 11.5 Å². The highest BCUT2D eigenvalue weighted by atomic mass is 32.2. The second kappa shape index (κ2) is 11.2. The Kier molecular flexibility index (Phi) is 7.70. The van der Waals surface area contributed by atoms with Crippen LogP contribution in [0.25, 0.3) is 0 Å². The molecule has 9 nitrogen and oxygen atoms in total. The lowest BCUT2D eigenvalue weighted by Gasteiger charge is -2.37. The molecule has 0 saturated heterocycles. The fraction of sp³-hybridized carbons (Fsp3) is 0.226. The number of hydrogen-bond acceptors (Lipinski definition) is 8. The molecule has 0 fully saturated rings. The number of phenolic OH excluding ortho intramolecular Hbond substituents is 1.